The van der Waals surface area contributed by atoms with E-state index < -0.39 is 70.3 Å². The predicted molar refractivity (Wildman–Crippen MR) is 95.3 cm³/mol. The van der Waals surface area contributed by atoms with E-state index in [1.54, 1.807) is 27.7 Å². The van der Waals surface area contributed by atoms with Crippen LogP contribution in [0, 0.1) is 35.0 Å². The van der Waals surface area contributed by atoms with E-state index in [0.717, 1.165) is 0 Å². The highest BCUT2D eigenvalue weighted by Gasteiger charge is 2.76. The molecule has 7 heteroatoms. The molecule has 7 N–H and O–H groups in total. The zero-order chi connectivity index (χ0) is 20.3. The molecule has 2 bridgehead atoms. The van der Waals surface area contributed by atoms with Gasteiger partial charge in [0.2, 0.25) is 0 Å². The van der Waals surface area contributed by atoms with Gasteiger partial charge in [-0.15, -0.1) is 0 Å². The normalized spacial score (nSPS) is 64.8. The maximum absolute atomic E-state index is 11.6. The van der Waals surface area contributed by atoms with E-state index in [0.29, 0.717) is 12.8 Å². The van der Waals surface area contributed by atoms with Gasteiger partial charge in [-0.2, -0.15) is 0 Å². The maximum atomic E-state index is 11.6. The zero-order valence-corrected chi connectivity index (χ0v) is 16.4. The van der Waals surface area contributed by atoms with Gasteiger partial charge >= 0.3 is 0 Å². The second-order valence-corrected chi connectivity index (χ2v) is 10.6. The molecule has 5 rings (SSSR count). The second kappa shape index (κ2) is 5.45. The lowest BCUT2D eigenvalue weighted by Gasteiger charge is -2.57. The van der Waals surface area contributed by atoms with Gasteiger partial charge in [0.25, 0.3) is 0 Å². The minimum absolute atomic E-state index is 0.0846. The molecule has 0 aromatic heterocycles. The van der Waals surface area contributed by atoms with Gasteiger partial charge in [0.05, 0.1) is 35.6 Å². The highest BCUT2D eigenvalue weighted by Crippen LogP contribution is 2.65. The zero-order valence-electron chi connectivity index (χ0n) is 16.4. The van der Waals surface area contributed by atoms with Crippen LogP contribution in [0.1, 0.15) is 47.0 Å². The molecule has 0 heterocycles. The van der Waals surface area contributed by atoms with Crippen LogP contribution in [0.15, 0.2) is 0 Å². The molecule has 0 spiro atoms. The van der Waals surface area contributed by atoms with Crippen LogP contribution in [0.2, 0.25) is 0 Å². The molecule has 5 aliphatic rings. The largest absolute Gasteiger partial charge is 0.392 e. The molecule has 0 aromatic rings. The van der Waals surface area contributed by atoms with Crippen LogP contribution in [-0.2, 0) is 0 Å². The molecule has 156 valence electrons. The minimum atomic E-state index is -1.90. The summed E-state index contributed by atoms with van der Waals surface area (Å²) in [6.45, 7) is 6.43. The van der Waals surface area contributed by atoms with Crippen LogP contribution in [0.5, 0.6) is 0 Å². The second-order valence-electron chi connectivity index (χ2n) is 10.6. The fourth-order valence-corrected chi connectivity index (χ4v) is 7.68. The summed E-state index contributed by atoms with van der Waals surface area (Å²) >= 11 is 0. The third-order valence-corrected chi connectivity index (χ3v) is 9.27. The Kier molecular flexibility index (Phi) is 4.04. The van der Waals surface area contributed by atoms with Crippen molar-refractivity contribution in [3.05, 3.63) is 0 Å². The van der Waals surface area contributed by atoms with Crippen molar-refractivity contribution in [3.63, 3.8) is 0 Å². The molecule has 5 saturated carbocycles. The van der Waals surface area contributed by atoms with Gasteiger partial charge < -0.3 is 35.7 Å². The molecular formula is C20H34O7. The van der Waals surface area contributed by atoms with Crippen LogP contribution < -0.4 is 0 Å². The number of fused-ring (bicyclic) bond motifs is 2. The third kappa shape index (κ3) is 2.06. The van der Waals surface area contributed by atoms with E-state index in [2.05, 4.69) is 0 Å². The van der Waals surface area contributed by atoms with Gasteiger partial charge in [0, 0.05) is 23.2 Å². The highest BCUT2D eigenvalue weighted by molar-refractivity contribution is 5.25. The monoisotopic (exact) mass is 386 g/mol. The molecule has 0 saturated heterocycles. The van der Waals surface area contributed by atoms with E-state index in [1.165, 1.54) is 0 Å². The maximum Gasteiger partial charge on any atom is 0.106 e. The van der Waals surface area contributed by atoms with E-state index in [-0.39, 0.29) is 12.3 Å². The average molecular weight is 386 g/mol. The van der Waals surface area contributed by atoms with Crippen molar-refractivity contribution in [2.75, 3.05) is 0 Å². The Morgan fingerprint density at radius 3 is 1.85 bits per heavy atom. The summed E-state index contributed by atoms with van der Waals surface area (Å²) in [5.41, 5.74) is -5.82. The molecule has 0 unspecified atom stereocenters. The number of rotatable bonds is 0. The quantitative estimate of drug-likeness (QED) is 0.283. The number of hydrogen-bond donors (Lipinski definition) is 7. The van der Waals surface area contributed by atoms with Gasteiger partial charge in [-0.1, -0.05) is 13.8 Å². The van der Waals surface area contributed by atoms with E-state index in [9.17, 15) is 35.7 Å². The average Bonchev–Trinajstić information content (AvgIpc) is 2.72. The summed E-state index contributed by atoms with van der Waals surface area (Å²) in [5, 5.41) is 77.3. The number of aliphatic hydroxyl groups is 7. The Hall–Kier alpha value is -0.280. The molecule has 0 radical (unpaired) electrons. The SMILES string of the molecule is CC1(C)[C@@H](O)[C@H](O)[C@H]2[C@](C)(O)[C@@H]3CC[C@H]4[C@H](O)[C@@H]([C@@H]3C[C@@H](O)[C@@]21O)[C@@]4(C)O. The standard InChI is InChI=1S/C20H34O7/c1-17(2)16(24)14(23)15-19(4,26)9-5-6-10-13(22)12(18(10,3)25)8(9)7-11(21)20(15,17)27/h8-16,21-27H,5-7H2,1-4H3/t8-,9-,10+,11-,12-,13+,14-,15+,16+,18+,19-,20-/m1/s1. The van der Waals surface area contributed by atoms with Crippen molar-refractivity contribution in [1.29, 1.82) is 0 Å². The molecule has 12 atom stereocenters. The van der Waals surface area contributed by atoms with Gasteiger partial charge in [-0.3, -0.25) is 0 Å². The first-order valence-corrected chi connectivity index (χ1v) is 10.1. The first kappa shape index (κ1) is 20.0. The molecule has 0 aromatic carbocycles. The molecule has 7 nitrogen and oxygen atoms in total. The molecule has 5 fully saturated rings. The van der Waals surface area contributed by atoms with Gasteiger partial charge in [-0.25, -0.2) is 0 Å². The van der Waals surface area contributed by atoms with Crippen molar-refractivity contribution >= 4 is 0 Å². The van der Waals surface area contributed by atoms with Gasteiger partial charge in [0.1, 0.15) is 5.60 Å². The summed E-state index contributed by atoms with van der Waals surface area (Å²) in [4.78, 5) is 0. The first-order chi connectivity index (χ1) is 12.2. The van der Waals surface area contributed by atoms with E-state index >= 15 is 0 Å². The Morgan fingerprint density at radius 2 is 1.30 bits per heavy atom. The fourth-order valence-electron chi connectivity index (χ4n) is 7.68. The molecule has 0 amide bonds. The van der Waals surface area contributed by atoms with Crippen LogP contribution >= 0.6 is 0 Å². The molecular weight excluding hydrogens is 352 g/mol. The Balaban J connectivity index is 1.86. The Labute approximate surface area is 159 Å². The predicted octanol–water partition coefficient (Wildman–Crippen LogP) is -1.01. The summed E-state index contributed by atoms with van der Waals surface area (Å²) in [5.74, 6) is -2.77. The topological polar surface area (TPSA) is 142 Å². The van der Waals surface area contributed by atoms with Crippen molar-refractivity contribution < 1.29 is 35.7 Å². The lowest BCUT2D eigenvalue weighted by Crippen LogP contribution is -2.66. The fraction of sp³-hybridized carbons (Fsp3) is 1.00. The van der Waals surface area contributed by atoms with Gasteiger partial charge in [-0.05, 0) is 44.9 Å². The minimum Gasteiger partial charge on any atom is -0.392 e. The van der Waals surface area contributed by atoms with Crippen LogP contribution in [0.4, 0.5) is 0 Å². The Morgan fingerprint density at radius 1 is 0.741 bits per heavy atom. The third-order valence-electron chi connectivity index (χ3n) is 9.27. The van der Waals surface area contributed by atoms with Crippen molar-refractivity contribution in [2.45, 2.75) is 88.2 Å². The molecule has 27 heavy (non-hydrogen) atoms. The summed E-state index contributed by atoms with van der Waals surface area (Å²) in [6, 6.07) is 0. The summed E-state index contributed by atoms with van der Waals surface area (Å²) < 4.78 is 0. The van der Waals surface area contributed by atoms with Crippen LogP contribution in [-0.4, -0.2) is 77.0 Å². The molecule has 5 aliphatic carbocycles. The molecule has 0 aliphatic heterocycles. The Bertz CT molecular complexity index is 632. The van der Waals surface area contributed by atoms with Crippen LogP contribution in [0.25, 0.3) is 0 Å². The summed E-state index contributed by atoms with van der Waals surface area (Å²) in [7, 11) is 0. The lowest BCUT2D eigenvalue weighted by atomic mass is 9.54. The smallest absolute Gasteiger partial charge is 0.106 e. The van der Waals surface area contributed by atoms with Crippen molar-refractivity contribution in [3.8, 4) is 0 Å². The first-order valence-electron chi connectivity index (χ1n) is 10.1. The van der Waals surface area contributed by atoms with Crippen molar-refractivity contribution in [1.82, 2.24) is 0 Å². The van der Waals surface area contributed by atoms with Crippen LogP contribution in [0.3, 0.4) is 0 Å². The highest BCUT2D eigenvalue weighted by atomic mass is 16.4. The van der Waals surface area contributed by atoms with E-state index in [4.69, 9.17) is 0 Å². The number of aliphatic hydroxyl groups excluding tert-OH is 4. The van der Waals surface area contributed by atoms with Gasteiger partial charge in [0.15, 0.2) is 0 Å². The summed E-state index contributed by atoms with van der Waals surface area (Å²) in [6.07, 6.45) is -3.60. The number of hydrogen-bond acceptors (Lipinski definition) is 7. The van der Waals surface area contributed by atoms with E-state index in [1.807, 2.05) is 0 Å². The van der Waals surface area contributed by atoms with Crippen molar-refractivity contribution in [2.24, 2.45) is 35.0 Å². The lowest BCUT2D eigenvalue weighted by molar-refractivity contribution is -0.238.